The summed E-state index contributed by atoms with van der Waals surface area (Å²) in [5.41, 5.74) is 4.43. The van der Waals surface area contributed by atoms with E-state index < -0.39 is 5.95 Å². The van der Waals surface area contributed by atoms with Crippen LogP contribution < -0.4 is 0 Å². The number of pyridine rings is 2. The van der Waals surface area contributed by atoms with Crippen molar-refractivity contribution in [2.24, 2.45) is 0 Å². The van der Waals surface area contributed by atoms with Crippen LogP contribution in [-0.2, 0) is 12.8 Å². The lowest BCUT2D eigenvalue weighted by molar-refractivity contribution is 0.584. The highest BCUT2D eigenvalue weighted by molar-refractivity contribution is 5.68. The second-order valence-electron chi connectivity index (χ2n) is 4.00. The summed E-state index contributed by atoms with van der Waals surface area (Å²) < 4.78 is 13.1. The molecule has 0 aromatic carbocycles. The molecule has 16 heavy (non-hydrogen) atoms. The lowest BCUT2D eigenvalue weighted by Gasteiger charge is -2.07. The molecule has 0 aliphatic heterocycles. The molecule has 1 aliphatic carbocycles. The van der Waals surface area contributed by atoms with Gasteiger partial charge in [-0.2, -0.15) is 4.39 Å². The summed E-state index contributed by atoms with van der Waals surface area (Å²) in [6, 6.07) is 5.28. The topological polar surface area (TPSA) is 25.8 Å². The maximum atomic E-state index is 13.1. The van der Waals surface area contributed by atoms with Crippen LogP contribution in [0.15, 0.2) is 30.6 Å². The molecule has 0 amide bonds. The van der Waals surface area contributed by atoms with Gasteiger partial charge in [0.2, 0.25) is 5.95 Å². The first-order chi connectivity index (χ1) is 7.84. The van der Waals surface area contributed by atoms with Crippen LogP contribution >= 0.6 is 0 Å². The molecule has 3 heteroatoms. The van der Waals surface area contributed by atoms with Crippen molar-refractivity contribution in [3.8, 4) is 11.1 Å². The van der Waals surface area contributed by atoms with Crippen LogP contribution in [0.5, 0.6) is 0 Å². The Kier molecular flexibility index (Phi) is 2.17. The maximum Gasteiger partial charge on any atom is 0.213 e. The zero-order valence-corrected chi connectivity index (χ0v) is 8.78. The maximum absolute atomic E-state index is 13.1. The van der Waals surface area contributed by atoms with E-state index in [-0.39, 0.29) is 0 Å². The van der Waals surface area contributed by atoms with Crippen LogP contribution in [0.3, 0.4) is 0 Å². The van der Waals surface area contributed by atoms with E-state index in [0.717, 1.165) is 36.1 Å². The molecule has 0 bridgehead atoms. The minimum atomic E-state index is -0.430. The van der Waals surface area contributed by atoms with Crippen LogP contribution in [0.1, 0.15) is 17.7 Å². The van der Waals surface area contributed by atoms with Gasteiger partial charge in [-0.3, -0.25) is 4.98 Å². The molecule has 0 saturated carbocycles. The Morgan fingerprint density at radius 1 is 1.06 bits per heavy atom. The van der Waals surface area contributed by atoms with Gasteiger partial charge in [0.25, 0.3) is 0 Å². The molecule has 2 heterocycles. The van der Waals surface area contributed by atoms with Crippen molar-refractivity contribution < 1.29 is 4.39 Å². The summed E-state index contributed by atoms with van der Waals surface area (Å²) in [5.74, 6) is -0.430. The monoisotopic (exact) mass is 214 g/mol. The van der Waals surface area contributed by atoms with Crippen molar-refractivity contribution in [1.29, 1.82) is 0 Å². The first-order valence-corrected chi connectivity index (χ1v) is 5.43. The number of aryl methyl sites for hydroxylation is 1. The highest BCUT2D eigenvalue weighted by atomic mass is 19.1. The SMILES string of the molecule is Fc1cc(-c2ccnc3c2CCC3)ccn1. The van der Waals surface area contributed by atoms with Crippen molar-refractivity contribution in [2.45, 2.75) is 19.3 Å². The van der Waals surface area contributed by atoms with Gasteiger partial charge < -0.3 is 0 Å². The van der Waals surface area contributed by atoms with Crippen LogP contribution in [0, 0.1) is 5.95 Å². The standard InChI is InChI=1S/C13H11FN2/c14-13-8-9(4-6-16-13)10-5-7-15-12-3-1-2-11(10)12/h4-8H,1-3H2. The number of rotatable bonds is 1. The first-order valence-electron chi connectivity index (χ1n) is 5.43. The van der Waals surface area contributed by atoms with Crippen molar-refractivity contribution >= 4 is 0 Å². The highest BCUT2D eigenvalue weighted by Gasteiger charge is 2.16. The van der Waals surface area contributed by atoms with E-state index in [1.54, 1.807) is 6.20 Å². The average molecular weight is 214 g/mol. The fourth-order valence-electron chi connectivity index (χ4n) is 2.30. The molecule has 0 saturated heterocycles. The van der Waals surface area contributed by atoms with E-state index in [1.807, 2.05) is 12.1 Å². The zero-order chi connectivity index (χ0) is 11.0. The molecule has 2 aromatic rings. The third-order valence-electron chi connectivity index (χ3n) is 3.02. The summed E-state index contributed by atoms with van der Waals surface area (Å²) in [6.45, 7) is 0. The molecule has 3 rings (SSSR count). The molecule has 0 unspecified atom stereocenters. The lowest BCUT2D eigenvalue weighted by Crippen LogP contribution is -1.92. The Morgan fingerprint density at radius 2 is 1.94 bits per heavy atom. The number of hydrogen-bond donors (Lipinski definition) is 0. The van der Waals surface area contributed by atoms with E-state index in [4.69, 9.17) is 0 Å². The Hall–Kier alpha value is -1.77. The van der Waals surface area contributed by atoms with Crippen LogP contribution in [0.25, 0.3) is 11.1 Å². The van der Waals surface area contributed by atoms with Gasteiger partial charge in [-0.05, 0) is 48.1 Å². The van der Waals surface area contributed by atoms with Gasteiger partial charge in [0.05, 0.1) is 0 Å². The molecule has 0 radical (unpaired) electrons. The molecule has 1 aliphatic rings. The van der Waals surface area contributed by atoms with E-state index >= 15 is 0 Å². The fourth-order valence-corrected chi connectivity index (χ4v) is 2.30. The number of halogens is 1. The molecule has 0 fully saturated rings. The molecule has 2 nitrogen and oxygen atoms in total. The third kappa shape index (κ3) is 1.48. The zero-order valence-electron chi connectivity index (χ0n) is 8.78. The molecule has 0 spiro atoms. The second kappa shape index (κ2) is 3.67. The Balaban J connectivity index is 2.17. The van der Waals surface area contributed by atoms with Crippen molar-refractivity contribution in [2.75, 3.05) is 0 Å². The molecule has 80 valence electrons. The van der Waals surface area contributed by atoms with Gasteiger partial charge in [0.1, 0.15) is 0 Å². The first kappa shape index (κ1) is 9.46. The largest absolute Gasteiger partial charge is 0.261 e. The molecule has 0 atom stereocenters. The Bertz CT molecular complexity index is 537. The van der Waals surface area contributed by atoms with E-state index in [9.17, 15) is 4.39 Å². The van der Waals surface area contributed by atoms with E-state index in [2.05, 4.69) is 9.97 Å². The van der Waals surface area contributed by atoms with Crippen molar-refractivity contribution in [3.05, 3.63) is 47.8 Å². The minimum Gasteiger partial charge on any atom is -0.261 e. The number of hydrogen-bond acceptors (Lipinski definition) is 2. The summed E-state index contributed by atoms with van der Waals surface area (Å²) in [5, 5.41) is 0. The van der Waals surface area contributed by atoms with Gasteiger partial charge in [-0.1, -0.05) is 0 Å². The van der Waals surface area contributed by atoms with Crippen molar-refractivity contribution in [3.63, 3.8) is 0 Å². The summed E-state index contributed by atoms with van der Waals surface area (Å²) in [4.78, 5) is 7.94. The average Bonchev–Trinajstić information content (AvgIpc) is 2.76. The van der Waals surface area contributed by atoms with Gasteiger partial charge in [-0.15, -0.1) is 0 Å². The molecule has 2 aromatic heterocycles. The minimum absolute atomic E-state index is 0.430. The van der Waals surface area contributed by atoms with Crippen LogP contribution in [0.2, 0.25) is 0 Å². The third-order valence-corrected chi connectivity index (χ3v) is 3.02. The Morgan fingerprint density at radius 3 is 2.81 bits per heavy atom. The van der Waals surface area contributed by atoms with E-state index in [0.29, 0.717) is 0 Å². The van der Waals surface area contributed by atoms with Gasteiger partial charge in [0, 0.05) is 24.2 Å². The Labute approximate surface area is 93.2 Å². The summed E-state index contributed by atoms with van der Waals surface area (Å²) in [7, 11) is 0. The summed E-state index contributed by atoms with van der Waals surface area (Å²) >= 11 is 0. The highest BCUT2D eigenvalue weighted by Crippen LogP contribution is 2.30. The lowest BCUT2D eigenvalue weighted by atomic mass is 10.0. The second-order valence-corrected chi connectivity index (χ2v) is 4.00. The van der Waals surface area contributed by atoms with Crippen LogP contribution in [0.4, 0.5) is 4.39 Å². The number of fused-ring (bicyclic) bond motifs is 1. The number of nitrogens with zero attached hydrogens (tertiary/aromatic N) is 2. The molecular weight excluding hydrogens is 203 g/mol. The van der Waals surface area contributed by atoms with Gasteiger partial charge >= 0.3 is 0 Å². The predicted molar refractivity (Wildman–Crippen MR) is 59.5 cm³/mol. The number of aromatic nitrogens is 2. The molecule has 0 N–H and O–H groups in total. The van der Waals surface area contributed by atoms with Crippen LogP contribution in [-0.4, -0.2) is 9.97 Å². The van der Waals surface area contributed by atoms with Gasteiger partial charge in [-0.25, -0.2) is 4.98 Å². The van der Waals surface area contributed by atoms with Gasteiger partial charge in [0.15, 0.2) is 0 Å². The fraction of sp³-hybridized carbons (Fsp3) is 0.231. The predicted octanol–water partition coefficient (Wildman–Crippen LogP) is 2.77. The van der Waals surface area contributed by atoms with E-state index in [1.165, 1.54) is 17.8 Å². The smallest absolute Gasteiger partial charge is 0.213 e. The van der Waals surface area contributed by atoms with Crippen molar-refractivity contribution in [1.82, 2.24) is 9.97 Å². The summed E-state index contributed by atoms with van der Waals surface area (Å²) in [6.07, 6.45) is 6.54. The quantitative estimate of drug-likeness (QED) is 0.682. The normalized spacial score (nSPS) is 13.8. The molecular formula is C13H11FN2.